The quantitative estimate of drug-likeness (QED) is 0.514. The molecule has 2 aromatic carbocycles. The van der Waals surface area contributed by atoms with Crippen LogP contribution in [0.4, 0.5) is 0 Å². The Morgan fingerprint density at radius 2 is 2.00 bits per heavy atom. The average Bonchev–Trinajstić information content (AvgIpc) is 3.33. The molecule has 130 valence electrons. The van der Waals surface area contributed by atoms with Crippen LogP contribution in [0.15, 0.2) is 59.1 Å². The lowest BCUT2D eigenvalue weighted by atomic mass is 10.2. The molecule has 0 radical (unpaired) electrons. The predicted molar refractivity (Wildman–Crippen MR) is 94.3 cm³/mol. The molecular formula is C19H16N4O3. The van der Waals surface area contributed by atoms with Gasteiger partial charge in [-0.1, -0.05) is 40.7 Å². The summed E-state index contributed by atoms with van der Waals surface area (Å²) < 4.78 is 12.4. The normalized spacial score (nSPS) is 11.0. The minimum absolute atomic E-state index is 0.0366. The minimum atomic E-state index is -0.442. The molecule has 0 unspecified atom stereocenters. The molecule has 4 aromatic rings. The zero-order valence-electron chi connectivity index (χ0n) is 14.1. The van der Waals surface area contributed by atoms with Crippen LogP contribution in [-0.4, -0.2) is 26.1 Å². The number of benzene rings is 2. The summed E-state index contributed by atoms with van der Waals surface area (Å²) in [4.78, 5) is 12.3. The van der Waals surface area contributed by atoms with E-state index in [1.54, 1.807) is 22.9 Å². The van der Waals surface area contributed by atoms with E-state index < -0.39 is 5.97 Å². The molecule has 0 amide bonds. The largest absolute Gasteiger partial charge is 0.455 e. The maximum absolute atomic E-state index is 12.3. The molecule has 0 aliphatic rings. The summed E-state index contributed by atoms with van der Waals surface area (Å²) in [6.07, 6.45) is 0. The molecule has 7 nitrogen and oxygen atoms in total. The molecular weight excluding hydrogens is 332 g/mol. The van der Waals surface area contributed by atoms with Gasteiger partial charge in [-0.25, -0.2) is 9.48 Å². The third kappa shape index (κ3) is 3.06. The summed E-state index contributed by atoms with van der Waals surface area (Å²) in [6.45, 7) is 2.74. The Balaban J connectivity index is 1.45. The van der Waals surface area contributed by atoms with Crippen molar-refractivity contribution in [3.05, 3.63) is 65.9 Å². The van der Waals surface area contributed by atoms with Crippen LogP contribution < -0.4 is 0 Å². The first-order valence-electron chi connectivity index (χ1n) is 8.26. The molecule has 2 heterocycles. The van der Waals surface area contributed by atoms with Gasteiger partial charge in [0.05, 0.1) is 11.1 Å². The lowest BCUT2D eigenvalue weighted by molar-refractivity contribution is 0.0464. The van der Waals surface area contributed by atoms with Gasteiger partial charge < -0.3 is 9.26 Å². The number of esters is 1. The number of ether oxygens (including phenoxy) is 1. The summed E-state index contributed by atoms with van der Waals surface area (Å²) in [5.41, 5.74) is 3.44. The standard InChI is InChI=1S/C19H16N4O3/c1-2-23-17-9-8-14(10-16(17)20-22-23)19(24)25-12-15-11-18(26-21-15)13-6-4-3-5-7-13/h3-11H,2,12H2,1H3. The summed E-state index contributed by atoms with van der Waals surface area (Å²) in [6, 6.07) is 16.6. The Morgan fingerprint density at radius 3 is 2.81 bits per heavy atom. The summed E-state index contributed by atoms with van der Waals surface area (Å²) in [5, 5.41) is 12.0. The highest BCUT2D eigenvalue weighted by atomic mass is 16.5. The Labute approximate surface area is 149 Å². The molecule has 0 spiro atoms. The third-order valence-electron chi connectivity index (χ3n) is 4.02. The van der Waals surface area contributed by atoms with Gasteiger partial charge in [-0.2, -0.15) is 0 Å². The van der Waals surface area contributed by atoms with Crippen molar-refractivity contribution in [2.45, 2.75) is 20.1 Å². The average molecular weight is 348 g/mol. The monoisotopic (exact) mass is 348 g/mol. The van der Waals surface area contributed by atoms with E-state index >= 15 is 0 Å². The van der Waals surface area contributed by atoms with Crippen molar-refractivity contribution < 1.29 is 14.1 Å². The maximum atomic E-state index is 12.3. The van der Waals surface area contributed by atoms with Gasteiger partial charge in [-0.15, -0.1) is 5.10 Å². The Kier molecular flexibility index (Phi) is 4.18. The van der Waals surface area contributed by atoms with Gasteiger partial charge in [-0.05, 0) is 25.1 Å². The summed E-state index contributed by atoms with van der Waals surface area (Å²) in [7, 11) is 0. The third-order valence-corrected chi connectivity index (χ3v) is 4.02. The van der Waals surface area contributed by atoms with Crippen LogP contribution in [0.2, 0.25) is 0 Å². The van der Waals surface area contributed by atoms with E-state index in [1.807, 2.05) is 43.3 Å². The van der Waals surface area contributed by atoms with E-state index in [-0.39, 0.29) is 6.61 Å². The topological polar surface area (TPSA) is 83.0 Å². The number of nitrogens with zero attached hydrogens (tertiary/aromatic N) is 4. The highest BCUT2D eigenvalue weighted by Crippen LogP contribution is 2.20. The number of aryl methyl sites for hydroxylation is 1. The second-order valence-electron chi connectivity index (χ2n) is 5.73. The van der Waals surface area contributed by atoms with Crippen LogP contribution in [0.3, 0.4) is 0 Å². The zero-order valence-corrected chi connectivity index (χ0v) is 14.1. The first-order chi connectivity index (χ1) is 12.7. The van der Waals surface area contributed by atoms with Crippen LogP contribution in [-0.2, 0) is 17.9 Å². The van der Waals surface area contributed by atoms with Crippen LogP contribution in [0, 0.1) is 0 Å². The lowest BCUT2D eigenvalue weighted by Crippen LogP contribution is -2.05. The van der Waals surface area contributed by atoms with Crippen LogP contribution in [0.5, 0.6) is 0 Å². The van der Waals surface area contributed by atoms with E-state index in [2.05, 4.69) is 15.5 Å². The lowest BCUT2D eigenvalue weighted by Gasteiger charge is -2.02. The molecule has 0 aliphatic carbocycles. The molecule has 26 heavy (non-hydrogen) atoms. The van der Waals surface area contributed by atoms with Gasteiger partial charge in [0.15, 0.2) is 5.76 Å². The van der Waals surface area contributed by atoms with Gasteiger partial charge in [-0.3, -0.25) is 0 Å². The Morgan fingerprint density at radius 1 is 1.15 bits per heavy atom. The SMILES string of the molecule is CCn1nnc2cc(C(=O)OCc3cc(-c4ccccc4)on3)ccc21. The van der Waals surface area contributed by atoms with E-state index in [1.165, 1.54) is 0 Å². The molecule has 7 heteroatoms. The fourth-order valence-corrected chi connectivity index (χ4v) is 2.67. The molecule has 0 aliphatic heterocycles. The maximum Gasteiger partial charge on any atom is 0.338 e. The first-order valence-corrected chi connectivity index (χ1v) is 8.26. The van der Waals surface area contributed by atoms with E-state index in [0.717, 1.165) is 17.6 Å². The van der Waals surface area contributed by atoms with Gasteiger partial charge in [0.25, 0.3) is 0 Å². The Hall–Kier alpha value is -3.48. The zero-order chi connectivity index (χ0) is 17.9. The molecule has 0 N–H and O–H groups in total. The van der Waals surface area contributed by atoms with Crippen LogP contribution in [0.25, 0.3) is 22.4 Å². The van der Waals surface area contributed by atoms with E-state index in [0.29, 0.717) is 22.5 Å². The van der Waals surface area contributed by atoms with Crippen LogP contribution >= 0.6 is 0 Å². The molecule has 0 saturated carbocycles. The van der Waals surface area contributed by atoms with Crippen LogP contribution in [0.1, 0.15) is 23.0 Å². The molecule has 0 fully saturated rings. The summed E-state index contributed by atoms with van der Waals surface area (Å²) in [5.74, 6) is 0.191. The second kappa shape index (κ2) is 6.79. The van der Waals surface area contributed by atoms with Crippen molar-refractivity contribution in [2.24, 2.45) is 0 Å². The van der Waals surface area contributed by atoms with E-state index in [9.17, 15) is 4.79 Å². The number of rotatable bonds is 5. The summed E-state index contributed by atoms with van der Waals surface area (Å²) >= 11 is 0. The highest BCUT2D eigenvalue weighted by molar-refractivity contribution is 5.93. The van der Waals surface area contributed by atoms with Crippen molar-refractivity contribution in [1.29, 1.82) is 0 Å². The molecule has 0 atom stereocenters. The molecule has 2 aromatic heterocycles. The fraction of sp³-hybridized carbons (Fsp3) is 0.158. The number of fused-ring (bicyclic) bond motifs is 1. The second-order valence-corrected chi connectivity index (χ2v) is 5.73. The van der Waals surface area contributed by atoms with Gasteiger partial charge in [0.1, 0.15) is 17.8 Å². The highest BCUT2D eigenvalue weighted by Gasteiger charge is 2.13. The number of hydrogen-bond acceptors (Lipinski definition) is 6. The first kappa shape index (κ1) is 16.0. The molecule has 0 bridgehead atoms. The number of carbonyl (C=O) groups excluding carboxylic acids is 1. The van der Waals surface area contributed by atoms with Crippen molar-refractivity contribution in [1.82, 2.24) is 20.2 Å². The smallest absolute Gasteiger partial charge is 0.338 e. The van der Waals surface area contributed by atoms with E-state index in [4.69, 9.17) is 9.26 Å². The van der Waals surface area contributed by atoms with Gasteiger partial charge >= 0.3 is 5.97 Å². The van der Waals surface area contributed by atoms with Crippen molar-refractivity contribution in [3.63, 3.8) is 0 Å². The fourth-order valence-electron chi connectivity index (χ4n) is 2.67. The minimum Gasteiger partial charge on any atom is -0.455 e. The number of hydrogen-bond donors (Lipinski definition) is 0. The number of aromatic nitrogens is 4. The van der Waals surface area contributed by atoms with Crippen molar-refractivity contribution in [3.8, 4) is 11.3 Å². The van der Waals surface area contributed by atoms with Gasteiger partial charge in [0, 0.05) is 18.2 Å². The Bertz CT molecular complexity index is 1050. The number of carbonyl (C=O) groups is 1. The van der Waals surface area contributed by atoms with Crippen molar-refractivity contribution >= 4 is 17.0 Å². The predicted octanol–water partition coefficient (Wildman–Crippen LogP) is 3.46. The van der Waals surface area contributed by atoms with Gasteiger partial charge in [0.2, 0.25) is 0 Å². The van der Waals surface area contributed by atoms with Crippen molar-refractivity contribution in [2.75, 3.05) is 0 Å². The molecule has 4 rings (SSSR count). The molecule has 0 saturated heterocycles.